The molecule has 1 N–H and O–H groups in total. The van der Waals surface area contributed by atoms with E-state index in [0.717, 1.165) is 36.1 Å². The largest absolute Gasteiger partial charge is 0.351 e. The van der Waals surface area contributed by atoms with Gasteiger partial charge >= 0.3 is 5.69 Å². The average Bonchev–Trinajstić information content (AvgIpc) is 3.22. The number of aryl methyl sites for hydroxylation is 1. The van der Waals surface area contributed by atoms with Gasteiger partial charge in [-0.05, 0) is 31.9 Å². The fourth-order valence-electron chi connectivity index (χ4n) is 3.85. The monoisotopic (exact) mass is 353 g/mol. The van der Waals surface area contributed by atoms with Crippen LogP contribution in [0.1, 0.15) is 42.0 Å². The Kier molecular flexibility index (Phi) is 4.14. The number of para-hydroxylation sites is 1. The molecule has 1 saturated heterocycles. The Morgan fingerprint density at radius 1 is 1.35 bits per heavy atom. The molecule has 7 nitrogen and oxygen atoms in total. The molecule has 4 rings (SSSR count). The fourth-order valence-corrected chi connectivity index (χ4v) is 3.85. The second-order valence-corrected chi connectivity index (χ2v) is 6.87. The highest BCUT2D eigenvalue weighted by molar-refractivity contribution is 5.98. The van der Waals surface area contributed by atoms with Crippen LogP contribution < -0.4 is 5.69 Å². The smallest absolute Gasteiger partial charge is 0.345 e. The minimum atomic E-state index is -0.0958. The van der Waals surface area contributed by atoms with Crippen LogP contribution in [0.5, 0.6) is 0 Å². The van der Waals surface area contributed by atoms with Crippen LogP contribution in [0.25, 0.3) is 10.9 Å². The van der Waals surface area contributed by atoms with E-state index in [0.29, 0.717) is 18.8 Å². The summed E-state index contributed by atoms with van der Waals surface area (Å²) in [6.07, 6.45) is 1.85. The molecule has 0 radical (unpaired) electrons. The lowest BCUT2D eigenvalue weighted by atomic mass is 9.97. The predicted octanol–water partition coefficient (Wildman–Crippen LogP) is 2.10. The standard InChI is InChI=1S/C19H23N5O2/c1-3-24-17(21-22(2)19(24)26)14-8-6-10-23(12-14)18(25)16-11-13-7-4-5-9-15(13)20-16/h4-5,7,9,11,14,20H,3,6,8,10,12H2,1-2H3/t14-/m0/s1. The van der Waals surface area contributed by atoms with Gasteiger partial charge in [-0.1, -0.05) is 18.2 Å². The van der Waals surface area contributed by atoms with Crippen LogP contribution in [0.15, 0.2) is 35.1 Å². The van der Waals surface area contributed by atoms with Gasteiger partial charge in [-0.15, -0.1) is 0 Å². The summed E-state index contributed by atoms with van der Waals surface area (Å²) in [7, 11) is 1.67. The fraction of sp³-hybridized carbons (Fsp3) is 0.421. The molecule has 1 aliphatic heterocycles. The molecule has 26 heavy (non-hydrogen) atoms. The van der Waals surface area contributed by atoms with Gasteiger partial charge in [0.25, 0.3) is 5.91 Å². The van der Waals surface area contributed by atoms with Crippen LogP contribution in [0.2, 0.25) is 0 Å². The number of nitrogens with zero attached hydrogens (tertiary/aromatic N) is 4. The van der Waals surface area contributed by atoms with Gasteiger partial charge in [-0.3, -0.25) is 9.36 Å². The van der Waals surface area contributed by atoms with E-state index in [1.54, 1.807) is 11.6 Å². The minimum Gasteiger partial charge on any atom is -0.351 e. The maximum atomic E-state index is 13.0. The number of likely N-dealkylation sites (tertiary alicyclic amines) is 1. The summed E-state index contributed by atoms with van der Waals surface area (Å²) >= 11 is 0. The maximum Gasteiger partial charge on any atom is 0.345 e. The van der Waals surface area contributed by atoms with E-state index >= 15 is 0 Å². The Balaban J connectivity index is 1.59. The van der Waals surface area contributed by atoms with Crippen LogP contribution >= 0.6 is 0 Å². The van der Waals surface area contributed by atoms with Crippen molar-refractivity contribution in [2.24, 2.45) is 7.05 Å². The summed E-state index contributed by atoms with van der Waals surface area (Å²) in [6.45, 7) is 3.86. The van der Waals surface area contributed by atoms with E-state index in [-0.39, 0.29) is 17.5 Å². The number of hydrogen-bond donors (Lipinski definition) is 1. The Labute approximate surface area is 151 Å². The van der Waals surface area contributed by atoms with E-state index < -0.39 is 0 Å². The van der Waals surface area contributed by atoms with Gasteiger partial charge in [0.1, 0.15) is 11.5 Å². The molecule has 7 heteroatoms. The summed E-state index contributed by atoms with van der Waals surface area (Å²) in [5.74, 6) is 0.882. The van der Waals surface area contributed by atoms with Crippen LogP contribution in [-0.2, 0) is 13.6 Å². The van der Waals surface area contributed by atoms with Gasteiger partial charge in [-0.25, -0.2) is 9.48 Å². The molecule has 1 aromatic carbocycles. The number of hydrogen-bond acceptors (Lipinski definition) is 3. The van der Waals surface area contributed by atoms with Crippen LogP contribution in [0.4, 0.5) is 0 Å². The molecule has 0 spiro atoms. The van der Waals surface area contributed by atoms with Crippen molar-refractivity contribution >= 4 is 16.8 Å². The highest BCUT2D eigenvalue weighted by atomic mass is 16.2. The van der Waals surface area contributed by atoms with Gasteiger partial charge in [0.05, 0.1) is 0 Å². The van der Waals surface area contributed by atoms with Gasteiger partial charge in [0, 0.05) is 43.5 Å². The topological polar surface area (TPSA) is 75.9 Å². The van der Waals surface area contributed by atoms with E-state index in [9.17, 15) is 9.59 Å². The number of aromatic amines is 1. The van der Waals surface area contributed by atoms with Crippen molar-refractivity contribution in [2.75, 3.05) is 13.1 Å². The maximum absolute atomic E-state index is 13.0. The number of piperidine rings is 1. The van der Waals surface area contributed by atoms with E-state index in [1.165, 1.54) is 4.68 Å². The lowest BCUT2D eigenvalue weighted by molar-refractivity contribution is 0.0698. The Hall–Kier alpha value is -2.83. The van der Waals surface area contributed by atoms with Crippen molar-refractivity contribution in [1.82, 2.24) is 24.2 Å². The lowest BCUT2D eigenvalue weighted by Crippen LogP contribution is -2.40. The molecule has 0 unspecified atom stereocenters. The predicted molar refractivity (Wildman–Crippen MR) is 99.3 cm³/mol. The van der Waals surface area contributed by atoms with Gasteiger partial charge in [-0.2, -0.15) is 5.10 Å². The number of fused-ring (bicyclic) bond motifs is 1. The second kappa shape index (κ2) is 6.48. The summed E-state index contributed by atoms with van der Waals surface area (Å²) in [5.41, 5.74) is 1.48. The number of carbonyl (C=O) groups excluding carboxylic acids is 1. The van der Waals surface area contributed by atoms with Gasteiger partial charge in [0.15, 0.2) is 0 Å². The van der Waals surface area contributed by atoms with Crippen molar-refractivity contribution in [1.29, 1.82) is 0 Å². The third-order valence-electron chi connectivity index (χ3n) is 5.19. The average molecular weight is 353 g/mol. The third-order valence-corrected chi connectivity index (χ3v) is 5.19. The zero-order chi connectivity index (χ0) is 18.3. The van der Waals surface area contributed by atoms with Gasteiger partial charge < -0.3 is 9.88 Å². The molecule has 1 aliphatic rings. The molecular formula is C19H23N5O2. The summed E-state index contributed by atoms with van der Waals surface area (Å²) < 4.78 is 3.10. The van der Waals surface area contributed by atoms with Gasteiger partial charge in [0.2, 0.25) is 0 Å². The molecule has 1 amide bonds. The van der Waals surface area contributed by atoms with Crippen LogP contribution in [-0.4, -0.2) is 43.2 Å². The zero-order valence-corrected chi connectivity index (χ0v) is 15.1. The molecule has 3 aromatic rings. The third kappa shape index (κ3) is 2.73. The first-order valence-electron chi connectivity index (χ1n) is 9.09. The number of nitrogens with one attached hydrogen (secondary N) is 1. The molecule has 3 heterocycles. The molecule has 1 fully saturated rings. The second-order valence-electron chi connectivity index (χ2n) is 6.87. The van der Waals surface area contributed by atoms with Crippen molar-refractivity contribution in [3.8, 4) is 0 Å². The number of aromatic nitrogens is 4. The highest BCUT2D eigenvalue weighted by Crippen LogP contribution is 2.26. The summed E-state index contributed by atoms with van der Waals surface area (Å²) in [5, 5.41) is 5.46. The molecular weight excluding hydrogens is 330 g/mol. The van der Waals surface area contributed by atoms with Crippen molar-refractivity contribution in [2.45, 2.75) is 32.2 Å². The zero-order valence-electron chi connectivity index (χ0n) is 15.1. The molecule has 136 valence electrons. The molecule has 0 bridgehead atoms. The first-order chi connectivity index (χ1) is 12.6. The first-order valence-corrected chi connectivity index (χ1v) is 9.09. The van der Waals surface area contributed by atoms with Crippen molar-refractivity contribution in [3.05, 3.63) is 52.3 Å². The van der Waals surface area contributed by atoms with Crippen LogP contribution in [0, 0.1) is 0 Å². The SMILES string of the molecule is CCn1c([C@H]2CCCN(C(=O)c3cc4ccccc4[nH]3)C2)nn(C)c1=O. The quantitative estimate of drug-likeness (QED) is 0.783. The number of amides is 1. The summed E-state index contributed by atoms with van der Waals surface area (Å²) in [4.78, 5) is 30.2. The highest BCUT2D eigenvalue weighted by Gasteiger charge is 2.29. The van der Waals surface area contributed by atoms with E-state index in [1.807, 2.05) is 42.2 Å². The Morgan fingerprint density at radius 2 is 2.15 bits per heavy atom. The Bertz CT molecular complexity index is 980. The minimum absolute atomic E-state index is 0.00669. The number of carbonyl (C=O) groups is 1. The number of rotatable bonds is 3. The number of benzene rings is 1. The van der Waals surface area contributed by atoms with E-state index in [4.69, 9.17) is 0 Å². The molecule has 1 atom stereocenters. The van der Waals surface area contributed by atoms with Crippen molar-refractivity contribution < 1.29 is 4.79 Å². The number of H-pyrrole nitrogens is 1. The first kappa shape index (κ1) is 16.6. The normalized spacial score (nSPS) is 17.8. The molecule has 0 aliphatic carbocycles. The molecule has 2 aromatic heterocycles. The van der Waals surface area contributed by atoms with E-state index in [2.05, 4.69) is 10.1 Å². The van der Waals surface area contributed by atoms with Crippen molar-refractivity contribution in [3.63, 3.8) is 0 Å². The Morgan fingerprint density at radius 3 is 2.92 bits per heavy atom. The summed E-state index contributed by atoms with van der Waals surface area (Å²) in [6, 6.07) is 9.79. The van der Waals surface area contributed by atoms with Crippen LogP contribution in [0.3, 0.4) is 0 Å². The lowest BCUT2D eigenvalue weighted by Gasteiger charge is -2.32. The molecule has 0 saturated carbocycles.